The van der Waals surface area contributed by atoms with Gasteiger partial charge in [0.25, 0.3) is 0 Å². The quantitative estimate of drug-likeness (QED) is 0.660. The monoisotopic (exact) mass is 328 g/mol. The molecule has 0 aliphatic heterocycles. The van der Waals surface area contributed by atoms with Gasteiger partial charge in [-0.2, -0.15) is 0 Å². The molecule has 0 aliphatic carbocycles. The third-order valence-electron chi connectivity index (χ3n) is 2.13. The number of nitroso groups, excluding NO2 is 2. The minimum atomic E-state index is 0. The molecule has 108 valence electrons. The summed E-state index contributed by atoms with van der Waals surface area (Å²) >= 11 is 0. The fourth-order valence-corrected chi connectivity index (χ4v) is 1.22. The van der Waals surface area contributed by atoms with Crippen LogP contribution in [0.2, 0.25) is 0 Å². The second kappa shape index (κ2) is 10.5. The Bertz CT molecular complexity index is 480. The van der Waals surface area contributed by atoms with Crippen molar-refractivity contribution in [3.05, 3.63) is 70.5 Å². The first-order valence-corrected chi connectivity index (χ1v) is 5.43. The van der Waals surface area contributed by atoms with E-state index in [2.05, 4.69) is 10.6 Å². The van der Waals surface area contributed by atoms with Crippen LogP contribution in [0.1, 0.15) is 0 Å². The van der Waals surface area contributed by atoms with Crippen molar-refractivity contribution < 1.29 is 27.8 Å². The molecule has 2 N–H and O–H groups in total. The summed E-state index contributed by atoms with van der Waals surface area (Å²) in [5.41, 5.74) is 0.718. The van der Waals surface area contributed by atoms with Gasteiger partial charge in [-0.05, 0) is 24.3 Å². The van der Waals surface area contributed by atoms with Gasteiger partial charge < -0.3 is 0 Å². The van der Waals surface area contributed by atoms with Gasteiger partial charge in [0.15, 0.2) is 0 Å². The van der Waals surface area contributed by atoms with Crippen LogP contribution in [0, 0.1) is 9.81 Å². The fraction of sp³-hybridized carbons (Fsp3) is 0. The van der Waals surface area contributed by atoms with E-state index in [1.54, 1.807) is 60.7 Å². The summed E-state index contributed by atoms with van der Waals surface area (Å²) in [6.07, 6.45) is 0. The molecule has 0 unspecified atom stereocenters. The first-order chi connectivity index (χ1) is 9.69. The molecule has 0 aliphatic rings. The third-order valence-corrected chi connectivity index (χ3v) is 2.13. The zero-order valence-electron chi connectivity index (χ0n) is 10.7. The Hall–Kier alpha value is -2.31. The van der Waals surface area contributed by atoms with Gasteiger partial charge in [-0.25, -0.2) is 0 Å². The van der Waals surface area contributed by atoms with E-state index in [0.717, 1.165) is 0 Å². The van der Waals surface area contributed by atoms with Crippen LogP contribution in [0.25, 0.3) is 0 Å². The molecule has 0 heterocycles. The Morgan fingerprint density at radius 3 is 1.19 bits per heavy atom. The molecular weight excluding hydrogens is 316 g/mol. The van der Waals surface area contributed by atoms with Crippen molar-refractivity contribution >= 4 is 11.4 Å². The van der Waals surface area contributed by atoms with Gasteiger partial charge in [-0.1, -0.05) is 36.4 Å². The van der Waals surface area contributed by atoms with Crippen molar-refractivity contribution in [2.24, 2.45) is 10.6 Å². The normalized spacial score (nSPS) is 8.48. The van der Waals surface area contributed by atoms with Crippen molar-refractivity contribution in [3.8, 4) is 0 Å². The van der Waals surface area contributed by atoms with Crippen LogP contribution in [0.5, 0.6) is 0 Å². The summed E-state index contributed by atoms with van der Waals surface area (Å²) in [5, 5.41) is 22.5. The topological polar surface area (TPSA) is 106 Å². The van der Waals surface area contributed by atoms with Gasteiger partial charge in [0.1, 0.15) is 0 Å². The number of para-hydroxylation sites is 2. The number of benzene rings is 2. The molecule has 0 bridgehead atoms. The average molecular weight is 328 g/mol. The Labute approximate surface area is 131 Å². The van der Waals surface area contributed by atoms with Crippen LogP contribution < -0.4 is 10.3 Å². The first kappa shape index (κ1) is 18.7. The van der Waals surface area contributed by atoms with Crippen molar-refractivity contribution in [3.63, 3.8) is 0 Å². The molecule has 2 rings (SSSR count). The van der Waals surface area contributed by atoms with Gasteiger partial charge in [0.2, 0.25) is 0 Å². The number of anilines is 2. The Balaban J connectivity index is 0.000000364. The molecule has 0 amide bonds. The zero-order valence-corrected chi connectivity index (χ0v) is 12.0. The van der Waals surface area contributed by atoms with Gasteiger partial charge >= 0.3 is 17.4 Å². The van der Waals surface area contributed by atoms with Crippen LogP contribution in [0.3, 0.4) is 0 Å². The maximum absolute atomic E-state index is 9.73. The smallest absolute Gasteiger partial charge is 0.265 e. The second-order valence-corrected chi connectivity index (χ2v) is 3.41. The maximum atomic E-state index is 9.73. The van der Waals surface area contributed by atoms with Crippen molar-refractivity contribution in [1.29, 1.82) is 0 Å². The molecule has 0 spiro atoms. The van der Waals surface area contributed by atoms with E-state index in [1.165, 1.54) is 0 Å². The second-order valence-electron chi connectivity index (χ2n) is 3.41. The molecule has 21 heavy (non-hydrogen) atoms. The molecule has 0 saturated carbocycles. The van der Waals surface area contributed by atoms with Gasteiger partial charge in [0.05, 0.1) is 21.9 Å². The van der Waals surface area contributed by atoms with Crippen LogP contribution in [0.15, 0.2) is 71.2 Å². The molecule has 2 aromatic rings. The predicted octanol–water partition coefficient (Wildman–Crippen LogP) is 3.12. The van der Waals surface area contributed by atoms with Crippen molar-refractivity contribution in [2.75, 3.05) is 10.3 Å². The Morgan fingerprint density at radius 1 is 0.667 bits per heavy atom. The van der Waals surface area contributed by atoms with Crippen LogP contribution in [-0.4, -0.2) is 10.4 Å². The fourth-order valence-electron chi connectivity index (χ4n) is 1.22. The van der Waals surface area contributed by atoms with E-state index in [4.69, 9.17) is 10.4 Å². The van der Waals surface area contributed by atoms with Gasteiger partial charge in [-0.3, -0.25) is 10.4 Å². The van der Waals surface area contributed by atoms with Gasteiger partial charge in [0, 0.05) is 0 Å². The molecule has 0 fully saturated rings. The van der Waals surface area contributed by atoms with Gasteiger partial charge in [-0.15, -0.1) is 20.2 Å². The molecule has 2 aromatic carbocycles. The number of rotatable bonds is 4. The molecule has 9 heteroatoms. The summed E-state index contributed by atoms with van der Waals surface area (Å²) < 4.78 is 0. The van der Waals surface area contributed by atoms with Crippen LogP contribution in [-0.2, 0) is 17.4 Å². The Kier molecular flexibility index (Phi) is 9.33. The van der Waals surface area contributed by atoms with E-state index in [1.807, 2.05) is 0 Å². The van der Waals surface area contributed by atoms with E-state index in [0.29, 0.717) is 11.4 Å². The summed E-state index contributed by atoms with van der Waals surface area (Å²) in [6.45, 7) is 0. The minimum absolute atomic E-state index is 0. The van der Waals surface area contributed by atoms with Crippen LogP contribution >= 0.6 is 0 Å². The van der Waals surface area contributed by atoms with E-state index in [-0.39, 0.29) is 27.7 Å². The standard InChI is InChI=1S/2C6H6N2O2.Cr/c2*9-7-8(10)6-4-2-1-3-5-6;/h2*1-5,10H;/q;;+2. The molecule has 8 nitrogen and oxygen atoms in total. The zero-order chi connectivity index (χ0) is 14.8. The summed E-state index contributed by atoms with van der Waals surface area (Å²) in [6, 6.07) is 16.6. The predicted molar refractivity (Wildman–Crippen MR) is 73.0 cm³/mol. The Morgan fingerprint density at radius 2 is 0.952 bits per heavy atom. The SMILES string of the molecule is O=NN(O)c1ccccc1.O=NN(O)c1ccccc1.[Cr+2]. The van der Waals surface area contributed by atoms with E-state index in [9.17, 15) is 9.81 Å². The largest absolute Gasteiger partial charge is 2.00 e. The molecule has 0 atom stereocenters. The van der Waals surface area contributed by atoms with Crippen molar-refractivity contribution in [2.45, 2.75) is 0 Å². The average Bonchev–Trinajstić information content (AvgIpc) is 2.55. The van der Waals surface area contributed by atoms with E-state index < -0.39 is 0 Å². The summed E-state index contributed by atoms with van der Waals surface area (Å²) in [5.74, 6) is 0. The number of nitrogens with zero attached hydrogens (tertiary/aromatic N) is 4. The maximum Gasteiger partial charge on any atom is 2.00 e. The molecular formula is C12H12CrN4O4+2. The molecule has 0 aromatic heterocycles. The molecule has 0 radical (unpaired) electrons. The summed E-state index contributed by atoms with van der Waals surface area (Å²) in [7, 11) is 0. The summed E-state index contributed by atoms with van der Waals surface area (Å²) in [4.78, 5) is 19.5. The first-order valence-electron chi connectivity index (χ1n) is 5.43. The van der Waals surface area contributed by atoms with Crippen LogP contribution in [0.4, 0.5) is 11.4 Å². The number of hydrogen-bond donors (Lipinski definition) is 2. The third kappa shape index (κ3) is 6.60. The number of hydrogen-bond acceptors (Lipinski definition) is 6. The van der Waals surface area contributed by atoms with E-state index >= 15 is 0 Å². The minimum Gasteiger partial charge on any atom is -0.265 e. The molecule has 0 saturated heterocycles. The van der Waals surface area contributed by atoms with Crippen molar-refractivity contribution in [1.82, 2.24) is 0 Å².